The van der Waals surface area contributed by atoms with Crippen molar-refractivity contribution in [2.45, 2.75) is 25.0 Å². The van der Waals surface area contributed by atoms with E-state index in [9.17, 15) is 0 Å². The molecule has 2 nitrogen and oxygen atoms in total. The summed E-state index contributed by atoms with van der Waals surface area (Å²) in [5, 5.41) is 0. The van der Waals surface area contributed by atoms with Crippen LogP contribution in [-0.4, -0.2) is 25.4 Å². The first-order valence-corrected chi connectivity index (χ1v) is 5.00. The summed E-state index contributed by atoms with van der Waals surface area (Å²) in [7, 11) is 0. The molecule has 0 saturated carbocycles. The highest BCUT2D eigenvalue weighted by atomic mass is 16.5. The summed E-state index contributed by atoms with van der Waals surface area (Å²) in [4.78, 5) is 0. The Balaban J connectivity index is 2.24. The average Bonchev–Trinajstić information content (AvgIpc) is 2.25. The average molecular weight is 194 g/mol. The summed E-state index contributed by atoms with van der Waals surface area (Å²) < 4.78 is 11.0. The standard InChI is InChI=1S/C12H18O2/c1-3-9-13-11-5-7-12(8-6-11)14-10-4-2/h3-5,7,11-12H,1-2,6,8-10H2/t11-,12+. The fourth-order valence-electron chi connectivity index (χ4n) is 1.43. The third-order valence-electron chi connectivity index (χ3n) is 2.13. The van der Waals surface area contributed by atoms with Gasteiger partial charge in [-0.15, -0.1) is 13.2 Å². The van der Waals surface area contributed by atoms with Gasteiger partial charge in [0.25, 0.3) is 0 Å². The van der Waals surface area contributed by atoms with Crippen LogP contribution in [0.5, 0.6) is 0 Å². The summed E-state index contributed by atoms with van der Waals surface area (Å²) >= 11 is 0. The third-order valence-corrected chi connectivity index (χ3v) is 2.13. The minimum Gasteiger partial charge on any atom is -0.370 e. The van der Waals surface area contributed by atoms with Crippen molar-refractivity contribution in [1.29, 1.82) is 0 Å². The van der Waals surface area contributed by atoms with Gasteiger partial charge in [-0.1, -0.05) is 24.3 Å². The Labute approximate surface area is 85.9 Å². The SMILES string of the molecule is C=CCO[C@@H]1C=C[C@H](OCC=C)CC1. The molecule has 1 aliphatic rings. The van der Waals surface area contributed by atoms with Gasteiger partial charge in [0.2, 0.25) is 0 Å². The zero-order chi connectivity index (χ0) is 10.2. The topological polar surface area (TPSA) is 18.5 Å². The zero-order valence-corrected chi connectivity index (χ0v) is 8.52. The molecule has 78 valence electrons. The Kier molecular flexibility index (Phi) is 5.27. The first kappa shape index (κ1) is 11.2. The second-order valence-electron chi connectivity index (χ2n) is 3.28. The zero-order valence-electron chi connectivity index (χ0n) is 8.52. The lowest BCUT2D eigenvalue weighted by Crippen LogP contribution is -2.21. The van der Waals surface area contributed by atoms with Crippen LogP contribution in [0, 0.1) is 0 Å². The van der Waals surface area contributed by atoms with E-state index in [0.29, 0.717) is 13.2 Å². The van der Waals surface area contributed by atoms with Crippen molar-refractivity contribution in [3.8, 4) is 0 Å². The largest absolute Gasteiger partial charge is 0.370 e. The van der Waals surface area contributed by atoms with Crippen LogP contribution in [0.2, 0.25) is 0 Å². The van der Waals surface area contributed by atoms with Crippen molar-refractivity contribution >= 4 is 0 Å². The Morgan fingerprint density at radius 3 is 1.71 bits per heavy atom. The molecule has 0 unspecified atom stereocenters. The maximum atomic E-state index is 5.50. The van der Waals surface area contributed by atoms with Crippen molar-refractivity contribution in [3.05, 3.63) is 37.5 Å². The van der Waals surface area contributed by atoms with Gasteiger partial charge in [-0.05, 0) is 12.8 Å². The normalized spacial score (nSPS) is 26.0. The smallest absolute Gasteiger partial charge is 0.0762 e. The number of rotatable bonds is 6. The van der Waals surface area contributed by atoms with E-state index in [-0.39, 0.29) is 12.2 Å². The predicted molar refractivity (Wildman–Crippen MR) is 58.2 cm³/mol. The van der Waals surface area contributed by atoms with Crippen LogP contribution in [0.15, 0.2) is 37.5 Å². The maximum absolute atomic E-state index is 5.50. The Morgan fingerprint density at radius 2 is 1.43 bits per heavy atom. The predicted octanol–water partition coefficient (Wildman–Crippen LogP) is 2.48. The van der Waals surface area contributed by atoms with Crippen LogP contribution < -0.4 is 0 Å². The molecule has 0 aliphatic heterocycles. The molecule has 14 heavy (non-hydrogen) atoms. The van der Waals surface area contributed by atoms with E-state index in [1.165, 1.54) is 0 Å². The van der Waals surface area contributed by atoms with Crippen molar-refractivity contribution in [2.24, 2.45) is 0 Å². The summed E-state index contributed by atoms with van der Waals surface area (Å²) in [5.74, 6) is 0. The van der Waals surface area contributed by atoms with E-state index in [4.69, 9.17) is 9.47 Å². The molecule has 0 aromatic carbocycles. The Bertz CT molecular complexity index is 186. The molecule has 2 heteroatoms. The summed E-state index contributed by atoms with van der Waals surface area (Å²) in [6, 6.07) is 0. The van der Waals surface area contributed by atoms with Crippen LogP contribution in [-0.2, 0) is 9.47 Å². The van der Waals surface area contributed by atoms with Crippen LogP contribution >= 0.6 is 0 Å². The molecule has 0 radical (unpaired) electrons. The van der Waals surface area contributed by atoms with Crippen molar-refractivity contribution in [2.75, 3.05) is 13.2 Å². The first-order chi connectivity index (χ1) is 6.86. The molecule has 0 amide bonds. The molecular weight excluding hydrogens is 176 g/mol. The molecule has 0 N–H and O–H groups in total. The van der Waals surface area contributed by atoms with Crippen LogP contribution in [0.25, 0.3) is 0 Å². The monoisotopic (exact) mass is 194 g/mol. The van der Waals surface area contributed by atoms with E-state index < -0.39 is 0 Å². The highest BCUT2D eigenvalue weighted by Gasteiger charge is 2.15. The highest BCUT2D eigenvalue weighted by molar-refractivity contribution is 5.00. The minimum atomic E-state index is 0.233. The highest BCUT2D eigenvalue weighted by Crippen LogP contribution is 2.16. The molecule has 1 rings (SSSR count). The molecule has 0 heterocycles. The van der Waals surface area contributed by atoms with Crippen LogP contribution in [0.4, 0.5) is 0 Å². The van der Waals surface area contributed by atoms with Crippen molar-refractivity contribution in [3.63, 3.8) is 0 Å². The fraction of sp³-hybridized carbons (Fsp3) is 0.500. The molecule has 1 aliphatic carbocycles. The summed E-state index contributed by atoms with van der Waals surface area (Å²) in [5.41, 5.74) is 0. The Hall–Kier alpha value is -0.860. The van der Waals surface area contributed by atoms with Gasteiger partial charge in [-0.2, -0.15) is 0 Å². The van der Waals surface area contributed by atoms with E-state index in [1.807, 2.05) is 0 Å². The minimum absolute atomic E-state index is 0.233. The summed E-state index contributed by atoms with van der Waals surface area (Å²) in [6.45, 7) is 8.47. The van der Waals surface area contributed by atoms with Gasteiger partial charge in [0.1, 0.15) is 0 Å². The third kappa shape index (κ3) is 3.90. The van der Waals surface area contributed by atoms with Gasteiger partial charge >= 0.3 is 0 Å². The second-order valence-corrected chi connectivity index (χ2v) is 3.28. The van der Waals surface area contributed by atoms with E-state index >= 15 is 0 Å². The number of hydrogen-bond acceptors (Lipinski definition) is 2. The molecule has 0 fully saturated rings. The van der Waals surface area contributed by atoms with Gasteiger partial charge < -0.3 is 9.47 Å². The molecule has 2 atom stereocenters. The van der Waals surface area contributed by atoms with Gasteiger partial charge in [-0.3, -0.25) is 0 Å². The lowest BCUT2D eigenvalue weighted by Gasteiger charge is -2.22. The van der Waals surface area contributed by atoms with Crippen LogP contribution in [0.3, 0.4) is 0 Å². The molecule has 0 bridgehead atoms. The molecule has 0 aromatic rings. The van der Waals surface area contributed by atoms with E-state index in [1.54, 1.807) is 12.2 Å². The van der Waals surface area contributed by atoms with Crippen molar-refractivity contribution in [1.82, 2.24) is 0 Å². The Morgan fingerprint density at radius 1 is 1.00 bits per heavy atom. The van der Waals surface area contributed by atoms with E-state index in [0.717, 1.165) is 12.8 Å². The van der Waals surface area contributed by atoms with Gasteiger partial charge in [0, 0.05) is 0 Å². The molecule has 0 saturated heterocycles. The van der Waals surface area contributed by atoms with Gasteiger partial charge in [-0.25, -0.2) is 0 Å². The lowest BCUT2D eigenvalue weighted by molar-refractivity contribution is 0.0536. The number of ether oxygens (including phenoxy) is 2. The van der Waals surface area contributed by atoms with Gasteiger partial charge in [0.05, 0.1) is 25.4 Å². The van der Waals surface area contributed by atoms with Crippen LogP contribution in [0.1, 0.15) is 12.8 Å². The van der Waals surface area contributed by atoms with Gasteiger partial charge in [0.15, 0.2) is 0 Å². The quantitative estimate of drug-likeness (QED) is 0.605. The maximum Gasteiger partial charge on any atom is 0.0762 e. The second kappa shape index (κ2) is 6.57. The molecule has 0 aromatic heterocycles. The molecule has 0 spiro atoms. The molecular formula is C12H18O2. The summed E-state index contributed by atoms with van der Waals surface area (Å²) in [6.07, 6.45) is 10.2. The van der Waals surface area contributed by atoms with E-state index in [2.05, 4.69) is 25.3 Å². The van der Waals surface area contributed by atoms with Crippen molar-refractivity contribution < 1.29 is 9.47 Å². The number of hydrogen-bond donors (Lipinski definition) is 0. The first-order valence-electron chi connectivity index (χ1n) is 5.00. The lowest BCUT2D eigenvalue weighted by atomic mass is 10.0. The fourth-order valence-corrected chi connectivity index (χ4v) is 1.43.